The van der Waals surface area contributed by atoms with E-state index in [0.717, 1.165) is 25.9 Å². The summed E-state index contributed by atoms with van der Waals surface area (Å²) < 4.78 is 35.6. The van der Waals surface area contributed by atoms with Crippen molar-refractivity contribution in [3.8, 4) is 16.9 Å². The van der Waals surface area contributed by atoms with E-state index < -0.39 is 23.6 Å². The van der Waals surface area contributed by atoms with Crippen molar-refractivity contribution in [2.24, 2.45) is 11.3 Å². The summed E-state index contributed by atoms with van der Waals surface area (Å²) in [5.41, 5.74) is 1.48. The minimum atomic E-state index is -0.652. The van der Waals surface area contributed by atoms with E-state index >= 15 is 0 Å². The van der Waals surface area contributed by atoms with E-state index in [4.69, 9.17) is 4.74 Å². The van der Waals surface area contributed by atoms with Crippen LogP contribution in [0.4, 0.5) is 8.78 Å². The van der Waals surface area contributed by atoms with Crippen LogP contribution in [-0.4, -0.2) is 66.2 Å². The van der Waals surface area contributed by atoms with Crippen LogP contribution < -0.4 is 4.74 Å². The van der Waals surface area contributed by atoms with Crippen LogP contribution in [0.15, 0.2) is 36.4 Å². The smallest absolute Gasteiger partial charge is 0.256 e. The molecule has 5 nitrogen and oxygen atoms in total. The van der Waals surface area contributed by atoms with E-state index in [9.17, 15) is 18.7 Å². The van der Waals surface area contributed by atoms with E-state index in [1.165, 1.54) is 48.9 Å². The topological polar surface area (TPSA) is 53.0 Å². The van der Waals surface area contributed by atoms with Gasteiger partial charge >= 0.3 is 0 Å². The zero-order chi connectivity index (χ0) is 26.0. The normalized spacial score (nSPS) is 22.5. The Kier molecular flexibility index (Phi) is 7.82. The van der Waals surface area contributed by atoms with E-state index in [1.807, 2.05) is 0 Å². The molecule has 2 saturated heterocycles. The number of ether oxygens (including phenoxy) is 1. The van der Waals surface area contributed by atoms with Crippen LogP contribution in [0.25, 0.3) is 11.1 Å². The van der Waals surface area contributed by atoms with Gasteiger partial charge in [0, 0.05) is 19.6 Å². The number of carbonyl (C=O) groups is 1. The Morgan fingerprint density at radius 2 is 1.70 bits per heavy atom. The zero-order valence-corrected chi connectivity index (χ0v) is 21.7. The monoisotopic (exact) mass is 512 g/mol. The summed E-state index contributed by atoms with van der Waals surface area (Å²) >= 11 is 0. The lowest BCUT2D eigenvalue weighted by Crippen LogP contribution is -2.44. The number of halogens is 2. The molecule has 5 rings (SSSR count). The molecule has 2 aromatic carbocycles. The minimum Gasteiger partial charge on any atom is -0.490 e. The summed E-state index contributed by atoms with van der Waals surface area (Å²) in [5.74, 6) is -0.925. The number of benzene rings is 2. The Hall–Kier alpha value is -2.51. The third-order valence-electron chi connectivity index (χ3n) is 8.50. The van der Waals surface area contributed by atoms with Crippen molar-refractivity contribution < 1.29 is 23.4 Å². The summed E-state index contributed by atoms with van der Waals surface area (Å²) in [6, 6.07) is 9.01. The van der Waals surface area contributed by atoms with Gasteiger partial charge < -0.3 is 19.6 Å². The standard InChI is InChI=1S/C30H38F2N2O3/c1-30(11-3-12-30)20-33-14-9-21(10-15-33)19-37-28-8-6-23(17-27(28)32)22-5-7-25(26(31)16-22)29(36)34-13-2-4-24(35)18-34/h5-8,16-17,21,24,35H,2-4,9-15,18-20H2,1H3/t24-/m1/s1. The van der Waals surface area contributed by atoms with Crippen LogP contribution in [0, 0.1) is 23.0 Å². The van der Waals surface area contributed by atoms with Gasteiger partial charge in [0.25, 0.3) is 5.91 Å². The summed E-state index contributed by atoms with van der Waals surface area (Å²) in [6.45, 7) is 6.95. The number of nitrogens with zero attached hydrogens (tertiary/aromatic N) is 2. The maximum atomic E-state index is 14.9. The maximum absolute atomic E-state index is 14.9. The number of aliphatic hydroxyl groups is 1. The van der Waals surface area contributed by atoms with Gasteiger partial charge in [-0.25, -0.2) is 8.78 Å². The number of piperidine rings is 2. The van der Waals surface area contributed by atoms with Crippen molar-refractivity contribution >= 4 is 5.91 Å². The van der Waals surface area contributed by atoms with Gasteiger partial charge in [0.05, 0.1) is 18.3 Å². The number of amides is 1. The Morgan fingerprint density at radius 1 is 1.00 bits per heavy atom. The Morgan fingerprint density at radius 3 is 2.32 bits per heavy atom. The Bertz CT molecular complexity index is 1110. The molecular formula is C30H38F2N2O3. The quantitative estimate of drug-likeness (QED) is 0.532. The number of β-amino-alcohol motifs (C(OH)–C–C–N with tert-alkyl or cyclic N) is 1. The zero-order valence-electron chi connectivity index (χ0n) is 21.7. The van der Waals surface area contributed by atoms with E-state index in [2.05, 4.69) is 11.8 Å². The first-order chi connectivity index (χ1) is 17.8. The highest BCUT2D eigenvalue weighted by Gasteiger charge is 2.34. The van der Waals surface area contributed by atoms with Crippen LogP contribution in [0.1, 0.15) is 62.2 Å². The van der Waals surface area contributed by atoms with Crippen molar-refractivity contribution in [3.05, 3.63) is 53.6 Å². The lowest BCUT2D eigenvalue weighted by molar-refractivity contribution is 0.0470. The predicted octanol–water partition coefficient (Wildman–Crippen LogP) is 5.51. The first-order valence-electron chi connectivity index (χ1n) is 13.7. The van der Waals surface area contributed by atoms with E-state index in [-0.39, 0.29) is 17.9 Å². The molecule has 0 radical (unpaired) electrons. The fourth-order valence-electron chi connectivity index (χ4n) is 5.97. The molecule has 1 saturated carbocycles. The molecule has 1 atom stereocenters. The molecule has 7 heteroatoms. The SMILES string of the molecule is CC1(CN2CCC(COc3ccc(-c4ccc(C(=O)N5CCC[C@@H](O)C5)c(F)c4)cc3F)CC2)CCC1. The fraction of sp³-hybridized carbons (Fsp3) is 0.567. The molecule has 2 heterocycles. The molecule has 0 spiro atoms. The van der Waals surface area contributed by atoms with Crippen molar-refractivity contribution in [2.75, 3.05) is 39.3 Å². The minimum absolute atomic E-state index is 0.0360. The predicted molar refractivity (Wildman–Crippen MR) is 140 cm³/mol. The second-order valence-corrected chi connectivity index (χ2v) is 11.6. The summed E-state index contributed by atoms with van der Waals surface area (Å²) in [6.07, 6.45) is 6.93. The molecule has 0 aromatic heterocycles. The van der Waals surface area contributed by atoms with Crippen molar-refractivity contribution in [3.63, 3.8) is 0 Å². The number of carbonyl (C=O) groups excluding carboxylic acids is 1. The number of aliphatic hydroxyl groups excluding tert-OH is 1. The third kappa shape index (κ3) is 6.15. The highest BCUT2D eigenvalue weighted by Crippen LogP contribution is 2.41. The lowest BCUT2D eigenvalue weighted by Gasteiger charge is -2.44. The Balaban J connectivity index is 1.15. The molecule has 2 aromatic rings. The van der Waals surface area contributed by atoms with Crippen LogP contribution in [0.5, 0.6) is 5.75 Å². The highest BCUT2D eigenvalue weighted by atomic mass is 19.1. The van der Waals surface area contributed by atoms with Crippen molar-refractivity contribution in [2.45, 2.75) is 58.0 Å². The van der Waals surface area contributed by atoms with Gasteiger partial charge in [0.1, 0.15) is 5.82 Å². The molecule has 1 amide bonds. The first-order valence-corrected chi connectivity index (χ1v) is 13.7. The molecule has 3 aliphatic rings. The summed E-state index contributed by atoms with van der Waals surface area (Å²) in [7, 11) is 0. The van der Waals surface area contributed by atoms with Gasteiger partial charge in [0.2, 0.25) is 0 Å². The molecule has 1 aliphatic carbocycles. The molecule has 3 fully saturated rings. The fourth-order valence-corrected chi connectivity index (χ4v) is 5.97. The number of hydrogen-bond donors (Lipinski definition) is 1. The molecule has 0 bridgehead atoms. The van der Waals surface area contributed by atoms with Gasteiger partial charge in [-0.1, -0.05) is 25.5 Å². The van der Waals surface area contributed by atoms with E-state index in [0.29, 0.717) is 48.5 Å². The average molecular weight is 513 g/mol. The molecule has 0 unspecified atom stereocenters. The van der Waals surface area contributed by atoms with Crippen LogP contribution in [-0.2, 0) is 0 Å². The largest absolute Gasteiger partial charge is 0.490 e. The lowest BCUT2D eigenvalue weighted by atomic mass is 9.70. The summed E-state index contributed by atoms with van der Waals surface area (Å²) in [5, 5.41) is 9.82. The maximum Gasteiger partial charge on any atom is 0.256 e. The highest BCUT2D eigenvalue weighted by molar-refractivity contribution is 5.95. The Labute approximate surface area is 218 Å². The van der Waals surface area contributed by atoms with Crippen LogP contribution >= 0.6 is 0 Å². The first kappa shape index (κ1) is 26.1. The average Bonchev–Trinajstić information content (AvgIpc) is 2.87. The third-order valence-corrected chi connectivity index (χ3v) is 8.50. The number of rotatable bonds is 7. The van der Waals surface area contributed by atoms with Gasteiger partial charge in [-0.3, -0.25) is 4.79 Å². The molecule has 37 heavy (non-hydrogen) atoms. The summed E-state index contributed by atoms with van der Waals surface area (Å²) in [4.78, 5) is 16.8. The van der Waals surface area contributed by atoms with Gasteiger partial charge in [-0.2, -0.15) is 0 Å². The van der Waals surface area contributed by atoms with Gasteiger partial charge in [-0.15, -0.1) is 0 Å². The number of likely N-dealkylation sites (tertiary alicyclic amines) is 2. The van der Waals surface area contributed by atoms with Crippen LogP contribution in [0.2, 0.25) is 0 Å². The van der Waals surface area contributed by atoms with Gasteiger partial charge in [0.15, 0.2) is 11.6 Å². The van der Waals surface area contributed by atoms with Crippen LogP contribution in [0.3, 0.4) is 0 Å². The molecule has 200 valence electrons. The second-order valence-electron chi connectivity index (χ2n) is 11.6. The van der Waals surface area contributed by atoms with E-state index in [1.54, 1.807) is 18.2 Å². The van der Waals surface area contributed by atoms with Gasteiger partial charge in [-0.05, 0) is 98.3 Å². The molecule has 2 aliphatic heterocycles. The second kappa shape index (κ2) is 11.1. The number of hydrogen-bond acceptors (Lipinski definition) is 4. The molecular weight excluding hydrogens is 474 g/mol. The van der Waals surface area contributed by atoms with Crippen molar-refractivity contribution in [1.29, 1.82) is 0 Å². The van der Waals surface area contributed by atoms with Crippen molar-refractivity contribution in [1.82, 2.24) is 9.80 Å². The molecule has 1 N–H and O–H groups in total.